The molecule has 0 bridgehead atoms. The zero-order valence-electron chi connectivity index (χ0n) is 23.0. The van der Waals surface area contributed by atoms with E-state index in [-0.39, 0.29) is 0 Å². The summed E-state index contributed by atoms with van der Waals surface area (Å²) in [5.74, 6) is 0. The van der Waals surface area contributed by atoms with E-state index in [0.717, 1.165) is 22.2 Å². The van der Waals surface area contributed by atoms with E-state index in [2.05, 4.69) is 149 Å². The third kappa shape index (κ3) is 3.10. The van der Waals surface area contributed by atoms with E-state index in [4.69, 9.17) is 4.98 Å². The van der Waals surface area contributed by atoms with Crippen LogP contribution in [-0.2, 0) is 0 Å². The Balaban J connectivity index is 1.40. The van der Waals surface area contributed by atoms with Crippen molar-refractivity contribution in [2.45, 2.75) is 0 Å². The first kappa shape index (κ1) is 23.1. The Kier molecular flexibility index (Phi) is 4.60. The number of rotatable bonds is 2. The first-order valence-electron chi connectivity index (χ1n) is 14.6. The number of imidazole rings is 1. The van der Waals surface area contributed by atoms with Crippen LogP contribution >= 0.6 is 11.3 Å². The van der Waals surface area contributed by atoms with Gasteiger partial charge in [-0.2, -0.15) is 0 Å². The van der Waals surface area contributed by atoms with E-state index in [9.17, 15) is 0 Å². The van der Waals surface area contributed by atoms with Crippen LogP contribution in [0.4, 0.5) is 0 Å². The van der Waals surface area contributed by atoms with Crippen LogP contribution in [0, 0.1) is 0 Å². The summed E-state index contributed by atoms with van der Waals surface area (Å²) < 4.78 is 7.35. The van der Waals surface area contributed by atoms with Gasteiger partial charge < -0.3 is 4.57 Å². The van der Waals surface area contributed by atoms with Crippen LogP contribution in [0.3, 0.4) is 0 Å². The minimum Gasteiger partial charge on any atom is -0.305 e. The molecule has 6 aromatic carbocycles. The van der Waals surface area contributed by atoms with E-state index < -0.39 is 0 Å². The van der Waals surface area contributed by atoms with Gasteiger partial charge in [-0.15, -0.1) is 11.3 Å². The van der Waals surface area contributed by atoms with Crippen molar-refractivity contribution in [3.63, 3.8) is 0 Å². The molecular weight excluding hydrogens is 543 g/mol. The predicted molar refractivity (Wildman–Crippen MR) is 183 cm³/mol. The number of pyridine rings is 1. The van der Waals surface area contributed by atoms with E-state index >= 15 is 0 Å². The average Bonchev–Trinajstić information content (AvgIpc) is 3.74. The van der Waals surface area contributed by atoms with E-state index in [1.807, 2.05) is 11.3 Å². The van der Waals surface area contributed by atoms with Crippen LogP contribution in [0.15, 0.2) is 140 Å². The van der Waals surface area contributed by atoms with Gasteiger partial charge in [-0.1, -0.05) is 103 Å². The van der Waals surface area contributed by atoms with Crippen molar-refractivity contribution in [3.8, 4) is 16.8 Å². The molecule has 3 nitrogen and oxygen atoms in total. The van der Waals surface area contributed by atoms with Gasteiger partial charge >= 0.3 is 0 Å². The number of hydrogen-bond acceptors (Lipinski definition) is 2. The summed E-state index contributed by atoms with van der Waals surface area (Å²) in [6.45, 7) is 0. The maximum Gasteiger partial charge on any atom is 0.162 e. The molecule has 4 heterocycles. The molecule has 10 aromatic rings. The first-order valence-corrected chi connectivity index (χ1v) is 15.4. The van der Waals surface area contributed by atoms with Crippen molar-refractivity contribution in [2.75, 3.05) is 0 Å². The molecule has 0 aliphatic carbocycles. The normalized spacial score (nSPS) is 12.2. The van der Waals surface area contributed by atoms with Crippen molar-refractivity contribution in [2.24, 2.45) is 0 Å². The highest BCUT2D eigenvalue weighted by atomic mass is 32.1. The lowest BCUT2D eigenvalue weighted by molar-refractivity contribution is 1.17. The monoisotopic (exact) mass is 565 g/mol. The second-order valence-electron chi connectivity index (χ2n) is 11.2. The summed E-state index contributed by atoms with van der Waals surface area (Å²) in [4.78, 5) is 5.20. The average molecular weight is 566 g/mol. The third-order valence-corrected chi connectivity index (χ3v) is 10.2. The third-order valence-electron chi connectivity index (χ3n) is 8.92. The fraction of sp³-hybridized carbons (Fsp3) is 0. The highest BCUT2D eigenvalue weighted by Gasteiger charge is 2.21. The van der Waals surface area contributed by atoms with Crippen LogP contribution in [0.1, 0.15) is 0 Å². The molecule has 0 saturated heterocycles. The van der Waals surface area contributed by atoms with Gasteiger partial charge in [0.1, 0.15) is 0 Å². The van der Waals surface area contributed by atoms with E-state index in [0.29, 0.717) is 0 Å². The Morgan fingerprint density at radius 3 is 2.09 bits per heavy atom. The Hall–Kier alpha value is -5.45. The predicted octanol–water partition coefficient (Wildman–Crippen LogP) is 10.8. The highest BCUT2D eigenvalue weighted by molar-refractivity contribution is 7.27. The molecule has 0 saturated carbocycles. The van der Waals surface area contributed by atoms with E-state index in [1.165, 1.54) is 64.0 Å². The van der Waals surface area contributed by atoms with Gasteiger partial charge in [0.25, 0.3) is 0 Å². The van der Waals surface area contributed by atoms with Crippen LogP contribution in [0.25, 0.3) is 86.2 Å². The minimum atomic E-state index is 0.973. The van der Waals surface area contributed by atoms with E-state index in [1.54, 1.807) is 0 Å². The topological polar surface area (TPSA) is 22.2 Å². The molecule has 0 spiro atoms. The van der Waals surface area contributed by atoms with Gasteiger partial charge in [-0.05, 0) is 41.5 Å². The van der Waals surface area contributed by atoms with Crippen molar-refractivity contribution in [1.82, 2.24) is 14.0 Å². The number of nitrogens with zero attached hydrogens (tertiary/aromatic N) is 3. The molecule has 0 radical (unpaired) electrons. The summed E-state index contributed by atoms with van der Waals surface area (Å²) in [7, 11) is 0. The fourth-order valence-corrected chi connectivity index (χ4v) is 8.40. The highest BCUT2D eigenvalue weighted by Crippen LogP contribution is 2.46. The summed E-state index contributed by atoms with van der Waals surface area (Å²) in [6.07, 6.45) is 2.17. The van der Waals surface area contributed by atoms with Crippen LogP contribution in [-0.4, -0.2) is 14.0 Å². The van der Waals surface area contributed by atoms with Gasteiger partial charge in [0, 0.05) is 47.9 Å². The second-order valence-corrected chi connectivity index (χ2v) is 12.2. The Morgan fingerprint density at radius 2 is 1.21 bits per heavy atom. The molecule has 0 aliphatic rings. The number of para-hydroxylation sites is 3. The van der Waals surface area contributed by atoms with Crippen molar-refractivity contribution in [3.05, 3.63) is 140 Å². The van der Waals surface area contributed by atoms with Crippen LogP contribution < -0.4 is 0 Å². The molecule has 43 heavy (non-hydrogen) atoms. The summed E-state index contributed by atoms with van der Waals surface area (Å²) in [5, 5.41) is 7.55. The summed E-state index contributed by atoms with van der Waals surface area (Å²) in [6, 6.07) is 48.2. The summed E-state index contributed by atoms with van der Waals surface area (Å²) in [5.41, 5.74) is 9.13. The lowest BCUT2D eigenvalue weighted by Gasteiger charge is -2.13. The number of aromatic nitrogens is 3. The second kappa shape index (κ2) is 8.54. The smallest absolute Gasteiger partial charge is 0.162 e. The fourth-order valence-electron chi connectivity index (χ4n) is 7.05. The van der Waals surface area contributed by atoms with Gasteiger partial charge in [-0.25, -0.2) is 4.98 Å². The Labute approximate surface area is 250 Å². The molecule has 4 heteroatoms. The van der Waals surface area contributed by atoms with Crippen LogP contribution in [0.5, 0.6) is 0 Å². The first-order chi connectivity index (χ1) is 21.3. The van der Waals surface area contributed by atoms with Crippen LogP contribution in [0.2, 0.25) is 0 Å². The van der Waals surface area contributed by atoms with Gasteiger partial charge in [-0.3, -0.25) is 4.40 Å². The van der Waals surface area contributed by atoms with Gasteiger partial charge in [0.2, 0.25) is 0 Å². The molecule has 200 valence electrons. The quantitative estimate of drug-likeness (QED) is 0.204. The zero-order chi connectivity index (χ0) is 28.1. The zero-order valence-corrected chi connectivity index (χ0v) is 23.8. The standard InChI is InChI=1S/C39H23N3S/c1-2-11-24(12-3-1)25-16-10-17-30-31-23-35(27-14-4-5-15-29(27)38(31)43-37(25)30)42-33-19-8-6-13-26(33)28-21-22-41-34-20-9-7-18-32(34)40-39(41)36(28)42/h1-23H. The lowest BCUT2D eigenvalue weighted by atomic mass is 10.0. The van der Waals surface area contributed by atoms with Gasteiger partial charge in [0.05, 0.1) is 27.8 Å². The number of benzene rings is 6. The molecule has 10 rings (SSSR count). The molecule has 4 aromatic heterocycles. The molecule has 0 unspecified atom stereocenters. The minimum absolute atomic E-state index is 0.973. The Morgan fingerprint density at radius 1 is 0.512 bits per heavy atom. The number of fused-ring (bicyclic) bond motifs is 12. The van der Waals surface area contributed by atoms with Gasteiger partial charge in [0.15, 0.2) is 5.65 Å². The molecule has 0 atom stereocenters. The van der Waals surface area contributed by atoms with Crippen molar-refractivity contribution in [1.29, 1.82) is 0 Å². The molecule has 0 aliphatic heterocycles. The maximum atomic E-state index is 5.20. The van der Waals surface area contributed by atoms with Crippen molar-refractivity contribution >= 4 is 80.8 Å². The SMILES string of the molecule is c1ccc(-c2cccc3c2sc2c4ccccc4c(-n4c5ccccc5c5ccn6c7ccccc7nc6c54)cc32)cc1. The number of hydrogen-bond donors (Lipinski definition) is 0. The molecule has 0 amide bonds. The molecule has 0 fully saturated rings. The lowest BCUT2D eigenvalue weighted by Crippen LogP contribution is -1.97. The molecular formula is C39H23N3S. The van der Waals surface area contributed by atoms with Crippen molar-refractivity contribution < 1.29 is 0 Å². The Bertz CT molecular complexity index is 2730. The largest absolute Gasteiger partial charge is 0.305 e. The number of thiophene rings is 1. The summed E-state index contributed by atoms with van der Waals surface area (Å²) >= 11 is 1.91. The maximum absolute atomic E-state index is 5.20. The molecule has 0 N–H and O–H groups in total.